The number of aliphatic carboxylic acids is 1. The van der Waals surface area contributed by atoms with Crippen molar-refractivity contribution in [3.63, 3.8) is 0 Å². The van der Waals surface area contributed by atoms with Crippen LogP contribution in [0.2, 0.25) is 0 Å². The van der Waals surface area contributed by atoms with E-state index in [0.29, 0.717) is 19.4 Å². The Bertz CT molecular complexity index is 216. The van der Waals surface area contributed by atoms with Crippen LogP contribution in [0.1, 0.15) is 12.8 Å². The van der Waals surface area contributed by atoms with Crippen LogP contribution in [0.4, 0.5) is 0 Å². The van der Waals surface area contributed by atoms with Crippen LogP contribution < -0.4 is 16.8 Å². The van der Waals surface area contributed by atoms with Gasteiger partial charge in [-0.25, -0.2) is 0 Å². The smallest absolute Gasteiger partial charge is 0.320 e. The van der Waals surface area contributed by atoms with Gasteiger partial charge in [0.15, 0.2) is 5.96 Å². The van der Waals surface area contributed by atoms with Crippen molar-refractivity contribution in [2.24, 2.45) is 16.5 Å². The lowest BCUT2D eigenvalue weighted by molar-refractivity contribution is -0.139. The Hall–Kier alpha value is -1.34. The monoisotopic (exact) mass is 218 g/mol. The Labute approximate surface area is 88.2 Å². The number of hydrogen-bond donors (Lipinski definition) is 5. The minimum Gasteiger partial charge on any atom is -0.480 e. The third-order valence-corrected chi connectivity index (χ3v) is 1.75. The summed E-state index contributed by atoms with van der Waals surface area (Å²) in [6, 6.07) is -0.661. The molecule has 0 aromatic heterocycles. The topological polar surface area (TPSA) is 134 Å². The highest BCUT2D eigenvalue weighted by molar-refractivity contribution is 5.75. The molecule has 0 spiro atoms. The molecule has 1 atom stereocenters. The zero-order valence-corrected chi connectivity index (χ0v) is 8.52. The van der Waals surface area contributed by atoms with Crippen LogP contribution in [0.3, 0.4) is 0 Å². The fourth-order valence-electron chi connectivity index (χ4n) is 1.06. The van der Waals surface area contributed by atoms with Crippen LogP contribution in [0.15, 0.2) is 4.99 Å². The number of nitrogens with one attached hydrogen (secondary N) is 1. The highest BCUT2D eigenvalue weighted by Crippen LogP contribution is 1.97. The third kappa shape index (κ3) is 7.71. The van der Waals surface area contributed by atoms with Gasteiger partial charge in [0, 0.05) is 13.1 Å². The maximum absolute atomic E-state index is 10.7. The number of aliphatic hydroxyl groups is 1. The molecule has 0 fully saturated rings. The van der Waals surface area contributed by atoms with Crippen molar-refractivity contribution in [3.05, 3.63) is 0 Å². The zero-order chi connectivity index (χ0) is 11.7. The molecule has 15 heavy (non-hydrogen) atoms. The highest BCUT2D eigenvalue weighted by Gasteiger charge is 2.15. The lowest BCUT2D eigenvalue weighted by Crippen LogP contribution is -2.38. The van der Waals surface area contributed by atoms with Gasteiger partial charge in [-0.05, 0) is 12.8 Å². The summed E-state index contributed by atoms with van der Waals surface area (Å²) in [5.41, 5.74) is 10.2. The average Bonchev–Trinajstić information content (AvgIpc) is 2.15. The summed E-state index contributed by atoms with van der Waals surface area (Å²) in [5.74, 6) is -0.932. The molecule has 88 valence electrons. The Morgan fingerprint density at radius 2 is 2.13 bits per heavy atom. The Morgan fingerprint density at radius 1 is 1.47 bits per heavy atom. The lowest BCUT2D eigenvalue weighted by atomic mass is 10.1. The van der Waals surface area contributed by atoms with Crippen LogP contribution in [0.5, 0.6) is 0 Å². The molecular formula is C8H18N4O3. The van der Waals surface area contributed by atoms with E-state index in [1.807, 2.05) is 0 Å². The van der Waals surface area contributed by atoms with E-state index >= 15 is 0 Å². The predicted octanol–water partition coefficient (Wildman–Crippen LogP) is -1.92. The van der Waals surface area contributed by atoms with E-state index in [1.54, 1.807) is 0 Å². The Kier molecular flexibility index (Phi) is 7.29. The molecule has 0 aliphatic carbocycles. The van der Waals surface area contributed by atoms with E-state index < -0.39 is 12.0 Å². The van der Waals surface area contributed by atoms with Gasteiger partial charge in [-0.1, -0.05) is 0 Å². The van der Waals surface area contributed by atoms with Gasteiger partial charge >= 0.3 is 5.97 Å². The molecule has 0 bridgehead atoms. The number of rotatable bonds is 8. The number of carboxylic acids is 1. The van der Waals surface area contributed by atoms with E-state index in [-0.39, 0.29) is 19.1 Å². The fraction of sp³-hybridized carbons (Fsp3) is 0.750. The van der Waals surface area contributed by atoms with Gasteiger partial charge in [-0.15, -0.1) is 0 Å². The second-order valence-corrected chi connectivity index (χ2v) is 3.02. The van der Waals surface area contributed by atoms with Gasteiger partial charge < -0.3 is 27.0 Å². The molecule has 0 saturated heterocycles. The molecule has 0 heterocycles. The van der Waals surface area contributed by atoms with Gasteiger partial charge in [-0.3, -0.25) is 9.79 Å². The summed E-state index contributed by atoms with van der Waals surface area (Å²) in [4.78, 5) is 14.4. The van der Waals surface area contributed by atoms with Crippen LogP contribution in [0.25, 0.3) is 0 Å². The number of hydrogen-bond acceptors (Lipinski definition) is 4. The van der Waals surface area contributed by atoms with E-state index in [4.69, 9.17) is 21.7 Å². The van der Waals surface area contributed by atoms with Crippen molar-refractivity contribution in [3.8, 4) is 0 Å². The van der Waals surface area contributed by atoms with Crippen molar-refractivity contribution in [1.29, 1.82) is 0 Å². The average molecular weight is 218 g/mol. The van der Waals surface area contributed by atoms with E-state index in [0.717, 1.165) is 0 Å². The molecule has 0 aromatic carbocycles. The van der Waals surface area contributed by atoms with Gasteiger partial charge in [0.2, 0.25) is 0 Å². The SMILES string of the molecule is NC(N)=NCCCC(NCCO)C(=O)O. The number of carboxylic acid groups (broad SMARTS) is 1. The van der Waals surface area contributed by atoms with Crippen LogP contribution in [0, 0.1) is 0 Å². The van der Waals surface area contributed by atoms with Crippen molar-refractivity contribution < 1.29 is 15.0 Å². The maximum Gasteiger partial charge on any atom is 0.320 e. The molecular weight excluding hydrogens is 200 g/mol. The molecule has 1 unspecified atom stereocenters. The van der Waals surface area contributed by atoms with Crippen LogP contribution in [-0.2, 0) is 4.79 Å². The summed E-state index contributed by atoms with van der Waals surface area (Å²) in [7, 11) is 0. The highest BCUT2D eigenvalue weighted by atomic mass is 16.4. The van der Waals surface area contributed by atoms with Crippen molar-refractivity contribution >= 4 is 11.9 Å². The normalized spacial score (nSPS) is 12.1. The van der Waals surface area contributed by atoms with E-state index in [2.05, 4.69) is 10.3 Å². The third-order valence-electron chi connectivity index (χ3n) is 1.75. The number of aliphatic hydroxyl groups excluding tert-OH is 1. The summed E-state index contributed by atoms with van der Waals surface area (Å²) >= 11 is 0. The largest absolute Gasteiger partial charge is 0.480 e. The van der Waals surface area contributed by atoms with Gasteiger partial charge in [-0.2, -0.15) is 0 Å². The van der Waals surface area contributed by atoms with Crippen molar-refractivity contribution in [1.82, 2.24) is 5.32 Å². The lowest BCUT2D eigenvalue weighted by Gasteiger charge is -2.12. The molecule has 0 amide bonds. The fourth-order valence-corrected chi connectivity index (χ4v) is 1.06. The van der Waals surface area contributed by atoms with Crippen molar-refractivity contribution in [2.45, 2.75) is 18.9 Å². The first-order valence-electron chi connectivity index (χ1n) is 4.70. The van der Waals surface area contributed by atoms with Crippen molar-refractivity contribution in [2.75, 3.05) is 19.7 Å². The van der Waals surface area contributed by atoms with E-state index in [1.165, 1.54) is 0 Å². The number of aliphatic imine (C=N–C) groups is 1. The second kappa shape index (κ2) is 8.01. The Balaban J connectivity index is 3.76. The Morgan fingerprint density at radius 3 is 2.60 bits per heavy atom. The van der Waals surface area contributed by atoms with Gasteiger partial charge in [0.1, 0.15) is 6.04 Å². The zero-order valence-electron chi connectivity index (χ0n) is 8.52. The molecule has 0 aromatic rings. The first kappa shape index (κ1) is 13.7. The van der Waals surface area contributed by atoms with Gasteiger partial charge in [0.25, 0.3) is 0 Å². The number of carbonyl (C=O) groups is 1. The molecule has 0 rings (SSSR count). The first-order chi connectivity index (χ1) is 7.07. The molecule has 0 radical (unpaired) electrons. The first-order valence-corrected chi connectivity index (χ1v) is 4.70. The minimum absolute atomic E-state index is 0.00481. The quantitative estimate of drug-likeness (QED) is 0.183. The van der Waals surface area contributed by atoms with E-state index in [9.17, 15) is 4.79 Å². The molecule has 7 heteroatoms. The molecule has 0 aliphatic heterocycles. The molecule has 7 N–H and O–H groups in total. The number of nitrogens with zero attached hydrogens (tertiary/aromatic N) is 1. The summed E-state index contributed by atoms with van der Waals surface area (Å²) in [6.45, 7) is 0.587. The van der Waals surface area contributed by atoms with Gasteiger partial charge in [0.05, 0.1) is 6.61 Å². The number of nitrogens with two attached hydrogens (primary N) is 2. The molecule has 7 nitrogen and oxygen atoms in total. The second-order valence-electron chi connectivity index (χ2n) is 3.02. The molecule has 0 saturated carbocycles. The summed E-state index contributed by atoms with van der Waals surface area (Å²) < 4.78 is 0. The summed E-state index contributed by atoms with van der Waals surface area (Å²) in [6.07, 6.45) is 0.999. The maximum atomic E-state index is 10.7. The molecule has 0 aliphatic rings. The van der Waals surface area contributed by atoms with Crippen LogP contribution in [-0.4, -0.2) is 47.9 Å². The standard InChI is InChI=1S/C8H18N4O3/c9-8(10)12-3-1-2-6(7(14)15)11-4-5-13/h6,11,13H,1-5H2,(H,14,15)(H4,9,10,12). The predicted molar refractivity (Wildman–Crippen MR) is 56.4 cm³/mol. The van der Waals surface area contributed by atoms with Crippen LogP contribution >= 0.6 is 0 Å². The summed E-state index contributed by atoms with van der Waals surface area (Å²) in [5, 5.41) is 20.0. The minimum atomic E-state index is -0.937. The number of guanidine groups is 1.